The second-order valence-electron chi connectivity index (χ2n) is 2.24. The summed E-state index contributed by atoms with van der Waals surface area (Å²) in [7, 11) is 3.28. The van der Waals surface area contributed by atoms with E-state index in [-0.39, 0.29) is 11.8 Å². The van der Waals surface area contributed by atoms with Crippen LogP contribution in [0.5, 0.6) is 11.8 Å². The molecule has 0 unspecified atom stereocenters. The summed E-state index contributed by atoms with van der Waals surface area (Å²) >= 11 is 0. The van der Waals surface area contributed by atoms with Crippen molar-refractivity contribution < 1.29 is 15.2 Å². The molecule has 11 heavy (non-hydrogen) atoms. The topological polar surface area (TPSA) is 57.9 Å². The Labute approximate surface area is 64.0 Å². The monoisotopic (exact) mass is 158 g/mol. The van der Waals surface area contributed by atoms with Gasteiger partial charge in [0.1, 0.15) is 0 Å². The zero-order valence-corrected chi connectivity index (χ0v) is 6.35. The van der Waals surface area contributed by atoms with E-state index in [0.29, 0.717) is 0 Å². The molecule has 0 aromatic carbocycles. The van der Waals surface area contributed by atoms with E-state index in [0.717, 1.165) is 4.73 Å². The zero-order valence-electron chi connectivity index (χ0n) is 6.35. The summed E-state index contributed by atoms with van der Waals surface area (Å²) in [6.07, 6.45) is 0. The highest BCUT2D eigenvalue weighted by atomic mass is 16.8. The van der Waals surface area contributed by atoms with Crippen molar-refractivity contribution in [1.82, 2.24) is 9.79 Å². The van der Waals surface area contributed by atoms with Crippen molar-refractivity contribution in [2.75, 3.05) is 14.1 Å². The van der Waals surface area contributed by atoms with Crippen LogP contribution in [0.1, 0.15) is 0 Å². The third-order valence-corrected chi connectivity index (χ3v) is 1.04. The zero-order chi connectivity index (χ0) is 8.43. The maximum absolute atomic E-state index is 9.03. The van der Waals surface area contributed by atoms with Gasteiger partial charge in [-0.2, -0.15) is 0 Å². The van der Waals surface area contributed by atoms with E-state index in [4.69, 9.17) is 15.2 Å². The van der Waals surface area contributed by atoms with E-state index in [1.165, 1.54) is 17.2 Å². The number of aromatic hydroxyl groups is 2. The van der Waals surface area contributed by atoms with Crippen LogP contribution >= 0.6 is 0 Å². The molecule has 1 rings (SSSR count). The molecule has 5 nitrogen and oxygen atoms in total. The predicted octanol–water partition coefficient (Wildman–Crippen LogP) is -0.196. The van der Waals surface area contributed by atoms with Crippen molar-refractivity contribution in [3.63, 3.8) is 0 Å². The van der Waals surface area contributed by atoms with Crippen molar-refractivity contribution in [2.45, 2.75) is 0 Å². The van der Waals surface area contributed by atoms with Crippen molar-refractivity contribution in [3.05, 3.63) is 12.1 Å². The normalized spacial score (nSPS) is 10.5. The van der Waals surface area contributed by atoms with Gasteiger partial charge in [-0.15, -0.1) is 5.06 Å². The molecule has 1 aromatic rings. The third-order valence-electron chi connectivity index (χ3n) is 1.04. The molecule has 0 bridgehead atoms. The minimum atomic E-state index is -0.142. The minimum Gasteiger partial charge on any atom is -0.492 e. The van der Waals surface area contributed by atoms with Gasteiger partial charge in [-0.05, 0) is 0 Å². The van der Waals surface area contributed by atoms with Crippen molar-refractivity contribution >= 4 is 0 Å². The highest BCUT2D eigenvalue weighted by molar-refractivity contribution is 5.21. The first-order valence-electron chi connectivity index (χ1n) is 3.06. The number of nitrogens with zero attached hydrogens (tertiary/aromatic N) is 2. The van der Waals surface area contributed by atoms with Crippen LogP contribution in [0.15, 0.2) is 12.1 Å². The molecular formula is C6H10N2O3. The first-order chi connectivity index (χ1) is 5.11. The Hall–Kier alpha value is -1.36. The molecule has 0 aliphatic rings. The third kappa shape index (κ3) is 1.56. The maximum Gasteiger partial charge on any atom is 0.231 e. The van der Waals surface area contributed by atoms with E-state index in [1.807, 2.05) is 0 Å². The number of rotatable bonds is 2. The molecule has 0 aliphatic carbocycles. The smallest absolute Gasteiger partial charge is 0.231 e. The molecule has 0 aliphatic heterocycles. The molecule has 0 saturated carbocycles. The fraction of sp³-hybridized carbons (Fsp3) is 0.333. The molecule has 62 valence electrons. The maximum atomic E-state index is 9.03. The summed E-state index contributed by atoms with van der Waals surface area (Å²) in [4.78, 5) is 4.87. The molecular weight excluding hydrogens is 148 g/mol. The number of hydrogen-bond acceptors (Lipinski definition) is 4. The lowest BCUT2D eigenvalue weighted by atomic mass is 10.6. The van der Waals surface area contributed by atoms with Crippen LogP contribution in [0.2, 0.25) is 0 Å². The van der Waals surface area contributed by atoms with Gasteiger partial charge in [-0.25, -0.2) is 0 Å². The van der Waals surface area contributed by atoms with E-state index in [9.17, 15) is 0 Å². The summed E-state index contributed by atoms with van der Waals surface area (Å²) < 4.78 is 0.903. The van der Waals surface area contributed by atoms with E-state index < -0.39 is 0 Å². The average Bonchev–Trinajstić information content (AvgIpc) is 2.18. The Bertz CT molecular complexity index is 224. The molecule has 0 saturated heterocycles. The van der Waals surface area contributed by atoms with Crippen LogP contribution in [-0.4, -0.2) is 34.1 Å². The number of hydrogen-bond donors (Lipinski definition) is 2. The fourth-order valence-electron chi connectivity index (χ4n) is 0.649. The first-order valence-corrected chi connectivity index (χ1v) is 3.06. The molecule has 1 aromatic heterocycles. The molecule has 5 heteroatoms. The summed E-state index contributed by atoms with van der Waals surface area (Å²) in [5.74, 6) is -0.285. The lowest BCUT2D eigenvalue weighted by Gasteiger charge is -2.12. The quantitative estimate of drug-likeness (QED) is 0.585. The molecule has 0 amide bonds. The van der Waals surface area contributed by atoms with Gasteiger partial charge in [0.15, 0.2) is 0 Å². The van der Waals surface area contributed by atoms with Crippen LogP contribution < -0.4 is 4.94 Å². The minimum absolute atomic E-state index is 0.142. The van der Waals surface area contributed by atoms with Crippen LogP contribution in [0.4, 0.5) is 0 Å². The Morgan fingerprint density at radius 2 is 1.73 bits per heavy atom. The molecule has 0 fully saturated rings. The fourth-order valence-corrected chi connectivity index (χ4v) is 0.649. The number of hydroxylamine groups is 2. The Morgan fingerprint density at radius 3 is 2.09 bits per heavy atom. The first kappa shape index (κ1) is 7.74. The van der Waals surface area contributed by atoms with Gasteiger partial charge in [0.25, 0.3) is 0 Å². The standard InChI is InChI=1S/C6H10N2O3/c1-7(2)11-8-5(9)3-4-6(8)10/h3-4,9-10H,1-2H3. The van der Waals surface area contributed by atoms with Crippen LogP contribution in [0.25, 0.3) is 0 Å². The summed E-state index contributed by atoms with van der Waals surface area (Å²) in [5.41, 5.74) is 0. The lowest BCUT2D eigenvalue weighted by molar-refractivity contribution is -0.135. The van der Waals surface area contributed by atoms with Crippen molar-refractivity contribution in [3.8, 4) is 11.8 Å². The van der Waals surface area contributed by atoms with Crippen LogP contribution in [0.3, 0.4) is 0 Å². The molecule has 2 N–H and O–H groups in total. The highest BCUT2D eigenvalue weighted by Gasteiger charge is 2.06. The van der Waals surface area contributed by atoms with Gasteiger partial charge in [-0.3, -0.25) is 0 Å². The summed E-state index contributed by atoms with van der Waals surface area (Å²) in [6, 6.07) is 2.66. The van der Waals surface area contributed by atoms with Gasteiger partial charge >= 0.3 is 0 Å². The highest BCUT2D eigenvalue weighted by Crippen LogP contribution is 2.18. The Kier molecular flexibility index (Phi) is 1.91. The van der Waals surface area contributed by atoms with Gasteiger partial charge in [0.05, 0.1) is 0 Å². The summed E-state index contributed by atoms with van der Waals surface area (Å²) in [5, 5.41) is 19.4. The van der Waals surface area contributed by atoms with Crippen molar-refractivity contribution in [2.24, 2.45) is 0 Å². The van der Waals surface area contributed by atoms with Gasteiger partial charge in [0, 0.05) is 26.2 Å². The van der Waals surface area contributed by atoms with E-state index in [2.05, 4.69) is 0 Å². The molecule has 1 heterocycles. The second kappa shape index (κ2) is 2.71. The average molecular weight is 158 g/mol. The van der Waals surface area contributed by atoms with Gasteiger partial charge in [0.2, 0.25) is 11.8 Å². The SMILES string of the molecule is CN(C)On1c(O)ccc1O. The largest absolute Gasteiger partial charge is 0.492 e. The van der Waals surface area contributed by atoms with Crippen LogP contribution in [-0.2, 0) is 0 Å². The van der Waals surface area contributed by atoms with Crippen LogP contribution in [0, 0.1) is 0 Å². The molecule has 0 radical (unpaired) electrons. The van der Waals surface area contributed by atoms with Gasteiger partial charge in [-0.1, -0.05) is 4.73 Å². The predicted molar refractivity (Wildman–Crippen MR) is 38.0 cm³/mol. The molecule has 0 spiro atoms. The Morgan fingerprint density at radius 1 is 1.27 bits per heavy atom. The Balaban J connectivity index is 2.83. The summed E-state index contributed by atoms with van der Waals surface area (Å²) in [6.45, 7) is 0. The van der Waals surface area contributed by atoms with E-state index >= 15 is 0 Å². The van der Waals surface area contributed by atoms with Crippen molar-refractivity contribution in [1.29, 1.82) is 0 Å². The molecule has 0 atom stereocenters. The lowest BCUT2D eigenvalue weighted by Crippen LogP contribution is -2.25. The second-order valence-corrected chi connectivity index (χ2v) is 2.24. The number of aromatic nitrogens is 1. The van der Waals surface area contributed by atoms with E-state index in [1.54, 1.807) is 14.1 Å². The van der Waals surface area contributed by atoms with Gasteiger partial charge < -0.3 is 15.2 Å².